The summed E-state index contributed by atoms with van der Waals surface area (Å²) in [6.07, 6.45) is 6.70. The largest absolute Gasteiger partial charge is 0.478 e. The number of rotatable bonds is 4. The fourth-order valence-electron chi connectivity index (χ4n) is 2.37. The van der Waals surface area contributed by atoms with Crippen molar-refractivity contribution >= 4 is 69.5 Å². The number of amides is 2. The highest BCUT2D eigenvalue weighted by molar-refractivity contribution is 8.19. The predicted octanol–water partition coefficient (Wildman–Crippen LogP) is 5.90. The van der Waals surface area contributed by atoms with Crippen LogP contribution in [0.25, 0.3) is 6.08 Å². The average Bonchev–Trinajstić information content (AvgIpc) is 2.88. The van der Waals surface area contributed by atoms with Gasteiger partial charge in [-0.3, -0.25) is 9.59 Å². The smallest absolute Gasteiger partial charge is 0.298 e. The molecule has 2 aromatic rings. The van der Waals surface area contributed by atoms with Crippen LogP contribution in [0.5, 0.6) is 5.75 Å². The highest BCUT2D eigenvalue weighted by Crippen LogP contribution is 2.39. The summed E-state index contributed by atoms with van der Waals surface area (Å²) >= 11 is 19.1. The number of anilines is 1. The lowest BCUT2D eigenvalue weighted by atomic mass is 10.2. The highest BCUT2D eigenvalue weighted by Gasteiger charge is 2.36. The number of terminal acetylenes is 1. The van der Waals surface area contributed by atoms with Crippen molar-refractivity contribution in [2.75, 3.05) is 11.5 Å². The van der Waals surface area contributed by atoms with E-state index in [0.717, 1.165) is 16.7 Å². The maximum atomic E-state index is 12.7. The van der Waals surface area contributed by atoms with E-state index in [-0.39, 0.29) is 27.3 Å². The van der Waals surface area contributed by atoms with Crippen molar-refractivity contribution < 1.29 is 14.3 Å². The fraction of sp³-hybridized carbons (Fsp3) is 0.0526. The monoisotopic (exact) mass is 437 g/mol. The lowest BCUT2D eigenvalue weighted by Gasteiger charge is -2.12. The number of hydrogen-bond acceptors (Lipinski definition) is 4. The SMILES string of the molecule is C#CCOc1c(Cl)cc(C=C2SC(=O)N(c3cccc(Cl)c3)C2=O)cc1Cl. The molecule has 1 aliphatic rings. The normalized spacial score (nSPS) is 15.3. The molecule has 8 heteroatoms. The van der Waals surface area contributed by atoms with Crippen molar-refractivity contribution in [1.82, 2.24) is 0 Å². The maximum absolute atomic E-state index is 12.7. The van der Waals surface area contributed by atoms with Crippen LogP contribution in [0.3, 0.4) is 0 Å². The van der Waals surface area contributed by atoms with Gasteiger partial charge in [-0.15, -0.1) is 6.42 Å². The molecule has 3 rings (SSSR count). The third-order valence-corrected chi connectivity index (χ3v) is 5.14. The van der Waals surface area contributed by atoms with Gasteiger partial charge in [0.25, 0.3) is 11.1 Å². The minimum Gasteiger partial charge on any atom is -0.478 e. The van der Waals surface area contributed by atoms with Crippen LogP contribution in [-0.4, -0.2) is 17.8 Å². The zero-order chi connectivity index (χ0) is 19.6. The molecule has 0 radical (unpaired) electrons. The van der Waals surface area contributed by atoms with E-state index in [4.69, 9.17) is 46.0 Å². The summed E-state index contributed by atoms with van der Waals surface area (Å²) in [6.45, 7) is 0.0251. The van der Waals surface area contributed by atoms with E-state index in [2.05, 4.69) is 5.92 Å². The third kappa shape index (κ3) is 4.26. The topological polar surface area (TPSA) is 46.6 Å². The molecule has 0 atom stereocenters. The first-order valence-electron chi connectivity index (χ1n) is 7.49. The van der Waals surface area contributed by atoms with Crippen LogP contribution in [-0.2, 0) is 4.79 Å². The number of halogens is 3. The van der Waals surface area contributed by atoms with Gasteiger partial charge in [0.2, 0.25) is 0 Å². The molecule has 1 fully saturated rings. The van der Waals surface area contributed by atoms with E-state index >= 15 is 0 Å². The lowest BCUT2D eigenvalue weighted by Crippen LogP contribution is -2.27. The second-order valence-corrected chi connectivity index (χ2v) is 7.55. The third-order valence-electron chi connectivity index (χ3n) is 3.48. The number of benzene rings is 2. The van der Waals surface area contributed by atoms with Crippen LogP contribution in [0.15, 0.2) is 41.3 Å². The molecule has 0 unspecified atom stereocenters. The van der Waals surface area contributed by atoms with Gasteiger partial charge in [0.15, 0.2) is 5.75 Å². The molecule has 136 valence electrons. The standard InChI is InChI=1S/C19H10Cl3NO3S/c1-2-6-26-17-14(21)7-11(8-15(17)22)9-16-18(24)23(19(25)27-16)13-5-3-4-12(20)10-13/h1,3-5,7-10H,6H2. The minimum absolute atomic E-state index is 0.0251. The summed E-state index contributed by atoms with van der Waals surface area (Å²) in [5.74, 6) is 2.14. The van der Waals surface area contributed by atoms with Gasteiger partial charge in [-0.25, -0.2) is 4.90 Å². The second kappa shape index (κ2) is 8.28. The first-order chi connectivity index (χ1) is 12.9. The number of carbonyl (C=O) groups excluding carboxylic acids is 2. The number of hydrogen-bond donors (Lipinski definition) is 0. The summed E-state index contributed by atoms with van der Waals surface area (Å²) in [5, 5.41) is 0.507. The van der Waals surface area contributed by atoms with Gasteiger partial charge in [0, 0.05) is 5.02 Å². The fourth-order valence-corrected chi connectivity index (χ4v) is 4.01. The molecule has 0 aromatic heterocycles. The van der Waals surface area contributed by atoms with Crippen LogP contribution in [0.2, 0.25) is 15.1 Å². The predicted molar refractivity (Wildman–Crippen MR) is 111 cm³/mol. The van der Waals surface area contributed by atoms with Gasteiger partial charge in [-0.2, -0.15) is 0 Å². The molecule has 2 amide bonds. The maximum Gasteiger partial charge on any atom is 0.298 e. The summed E-state index contributed by atoms with van der Waals surface area (Å²) in [7, 11) is 0. The van der Waals surface area contributed by atoms with Crippen LogP contribution in [0.4, 0.5) is 10.5 Å². The zero-order valence-electron chi connectivity index (χ0n) is 13.5. The molecule has 1 saturated heterocycles. The molecule has 0 spiro atoms. The molecule has 1 heterocycles. The van der Waals surface area contributed by atoms with Crippen molar-refractivity contribution in [2.24, 2.45) is 0 Å². The van der Waals surface area contributed by atoms with Crippen LogP contribution in [0, 0.1) is 12.3 Å². The second-order valence-electron chi connectivity index (χ2n) is 5.30. The van der Waals surface area contributed by atoms with Crippen LogP contribution in [0.1, 0.15) is 5.56 Å². The van der Waals surface area contributed by atoms with E-state index in [1.165, 1.54) is 6.08 Å². The molecule has 0 aliphatic carbocycles. The number of thioether (sulfide) groups is 1. The Labute approximate surface area is 175 Å². The summed E-state index contributed by atoms with van der Waals surface area (Å²) in [5.41, 5.74) is 0.956. The molecule has 2 aromatic carbocycles. The summed E-state index contributed by atoms with van der Waals surface area (Å²) in [4.78, 5) is 26.3. The molecule has 4 nitrogen and oxygen atoms in total. The molecule has 0 N–H and O–H groups in total. The molecule has 0 bridgehead atoms. The van der Waals surface area contributed by atoms with E-state index in [1.807, 2.05) is 0 Å². The Hall–Kier alpha value is -2.10. The van der Waals surface area contributed by atoms with Crippen molar-refractivity contribution in [3.8, 4) is 18.1 Å². The van der Waals surface area contributed by atoms with Crippen LogP contribution >= 0.6 is 46.6 Å². The van der Waals surface area contributed by atoms with Gasteiger partial charge >= 0.3 is 0 Å². The molecule has 0 saturated carbocycles. The first kappa shape index (κ1) is 19.7. The van der Waals surface area contributed by atoms with E-state index in [1.54, 1.807) is 36.4 Å². The van der Waals surface area contributed by atoms with E-state index in [9.17, 15) is 9.59 Å². The van der Waals surface area contributed by atoms with Crippen molar-refractivity contribution in [2.45, 2.75) is 0 Å². The van der Waals surface area contributed by atoms with E-state index < -0.39 is 11.1 Å². The lowest BCUT2D eigenvalue weighted by molar-refractivity contribution is -0.113. The average molecular weight is 439 g/mol. The van der Waals surface area contributed by atoms with E-state index in [0.29, 0.717) is 16.3 Å². The van der Waals surface area contributed by atoms with Gasteiger partial charge in [-0.1, -0.05) is 46.8 Å². The van der Waals surface area contributed by atoms with Gasteiger partial charge in [0.1, 0.15) is 6.61 Å². The number of ether oxygens (including phenoxy) is 1. The number of imide groups is 1. The van der Waals surface area contributed by atoms with Crippen LogP contribution < -0.4 is 9.64 Å². The number of carbonyl (C=O) groups is 2. The van der Waals surface area contributed by atoms with Gasteiger partial charge in [-0.05, 0) is 53.7 Å². The Bertz CT molecular complexity index is 990. The first-order valence-corrected chi connectivity index (χ1v) is 9.44. The number of nitrogens with zero attached hydrogens (tertiary/aromatic N) is 1. The summed E-state index contributed by atoms with van der Waals surface area (Å²) in [6, 6.07) is 9.66. The molecule has 1 aliphatic heterocycles. The highest BCUT2D eigenvalue weighted by atomic mass is 35.5. The quantitative estimate of drug-likeness (QED) is 0.440. The Kier molecular flexibility index (Phi) is 6.03. The van der Waals surface area contributed by atoms with Crippen molar-refractivity contribution in [3.63, 3.8) is 0 Å². The Morgan fingerprint density at radius 2 is 1.85 bits per heavy atom. The van der Waals surface area contributed by atoms with Gasteiger partial charge in [0.05, 0.1) is 20.6 Å². The Morgan fingerprint density at radius 3 is 2.48 bits per heavy atom. The Morgan fingerprint density at radius 1 is 1.15 bits per heavy atom. The Balaban J connectivity index is 1.91. The molecule has 27 heavy (non-hydrogen) atoms. The minimum atomic E-state index is -0.452. The zero-order valence-corrected chi connectivity index (χ0v) is 16.6. The molecular weight excluding hydrogens is 429 g/mol. The van der Waals surface area contributed by atoms with Gasteiger partial charge < -0.3 is 4.74 Å². The van der Waals surface area contributed by atoms with Crippen molar-refractivity contribution in [1.29, 1.82) is 0 Å². The summed E-state index contributed by atoms with van der Waals surface area (Å²) < 4.78 is 5.30. The molecular formula is C19H10Cl3NO3S. The van der Waals surface area contributed by atoms with Crippen molar-refractivity contribution in [3.05, 3.63) is 61.9 Å².